The normalized spacial score (nSPS) is 29.9. The smallest absolute Gasteiger partial charge is 0.484 e. The summed E-state index contributed by atoms with van der Waals surface area (Å²) in [5, 5.41) is 11.0. The quantitative estimate of drug-likeness (QED) is 0.542. The van der Waals surface area contributed by atoms with Gasteiger partial charge in [0, 0.05) is 11.6 Å². The zero-order valence-corrected chi connectivity index (χ0v) is 18.4. The minimum absolute atomic E-state index is 0.0325. The van der Waals surface area contributed by atoms with Gasteiger partial charge in [-0.05, 0) is 44.2 Å². The number of carbonyl (C=O) groups excluding carboxylic acids is 1. The summed E-state index contributed by atoms with van der Waals surface area (Å²) in [4.78, 5) is 12.3. The van der Waals surface area contributed by atoms with Gasteiger partial charge in [-0.3, -0.25) is 9.53 Å². The van der Waals surface area contributed by atoms with Gasteiger partial charge in [0.1, 0.15) is 17.7 Å². The Morgan fingerprint density at radius 1 is 1.24 bits per heavy atom. The number of halogens is 5. The van der Waals surface area contributed by atoms with Gasteiger partial charge in [-0.15, -0.1) is 23.4 Å². The molecule has 8 nitrogen and oxygen atoms in total. The highest BCUT2D eigenvalue weighted by atomic mass is 35.5. The first-order chi connectivity index (χ1) is 16.0. The molecule has 1 aromatic heterocycles. The Morgan fingerprint density at radius 2 is 2.00 bits per heavy atom. The second-order valence-electron chi connectivity index (χ2n) is 9.03. The van der Waals surface area contributed by atoms with Gasteiger partial charge in [0.2, 0.25) is 11.8 Å². The fraction of sp³-hybridized carbons (Fsp3) is 0.571. The number of benzene rings is 1. The molecule has 2 atom stereocenters. The lowest BCUT2D eigenvalue weighted by molar-refractivity contribution is -0.331. The maximum absolute atomic E-state index is 13.5. The summed E-state index contributed by atoms with van der Waals surface area (Å²) in [6, 6.07) is 3.93. The topological polar surface area (TPSA) is 95.7 Å². The van der Waals surface area contributed by atoms with E-state index in [0.717, 1.165) is 6.07 Å². The van der Waals surface area contributed by atoms with Crippen molar-refractivity contribution in [3.8, 4) is 5.75 Å². The third kappa shape index (κ3) is 4.58. The molecular formula is C21H20ClF4N3O5. The van der Waals surface area contributed by atoms with Crippen molar-refractivity contribution in [3.05, 3.63) is 40.8 Å². The Labute approximate surface area is 195 Å². The van der Waals surface area contributed by atoms with E-state index in [9.17, 15) is 22.4 Å². The molecule has 184 valence electrons. The summed E-state index contributed by atoms with van der Waals surface area (Å²) in [5.74, 6) is -0.0961. The van der Waals surface area contributed by atoms with Crippen molar-refractivity contribution in [1.82, 2.24) is 15.5 Å². The van der Waals surface area contributed by atoms with E-state index in [1.807, 2.05) is 0 Å². The van der Waals surface area contributed by atoms with E-state index in [1.54, 1.807) is 0 Å². The van der Waals surface area contributed by atoms with Crippen LogP contribution in [0.25, 0.3) is 0 Å². The molecule has 1 aromatic carbocycles. The van der Waals surface area contributed by atoms with E-state index in [2.05, 4.69) is 20.3 Å². The van der Waals surface area contributed by atoms with Crippen LogP contribution in [0.1, 0.15) is 50.0 Å². The predicted octanol–water partition coefficient (Wildman–Crippen LogP) is 3.99. The van der Waals surface area contributed by atoms with Crippen LogP contribution < -0.4 is 10.1 Å². The Bertz CT molecular complexity index is 1070. The van der Waals surface area contributed by atoms with Crippen molar-refractivity contribution in [2.24, 2.45) is 0 Å². The molecule has 1 N–H and O–H groups in total. The summed E-state index contributed by atoms with van der Waals surface area (Å²) < 4.78 is 70.6. The number of hydrogen-bond acceptors (Lipinski definition) is 7. The van der Waals surface area contributed by atoms with Crippen molar-refractivity contribution in [1.29, 1.82) is 0 Å². The first kappa shape index (κ1) is 23.3. The molecule has 2 heterocycles. The number of ether oxygens (including phenoxy) is 3. The summed E-state index contributed by atoms with van der Waals surface area (Å²) in [6.07, 6.45) is -3.25. The van der Waals surface area contributed by atoms with E-state index in [4.69, 9.17) is 25.5 Å². The van der Waals surface area contributed by atoms with Crippen LogP contribution in [0.5, 0.6) is 5.75 Å². The first-order valence-electron chi connectivity index (χ1n) is 10.6. The highest BCUT2D eigenvalue weighted by molar-refractivity contribution is 6.30. The molecule has 3 saturated carbocycles. The monoisotopic (exact) mass is 505 g/mol. The number of amides is 1. The molecule has 34 heavy (non-hydrogen) atoms. The standard InChI is InChI=1S/C21H20ClF4N3O5/c22-13-3-1-11(5-14(13)23)31-7-16(30)27-20-8-19(9-20,10-20)18-29-28-17(34-18)15-4-2-12(33-15)6-32-21(24,25)26/h1,3,5,12,15H,2,4,6-10H2,(H,27,30). The van der Waals surface area contributed by atoms with Gasteiger partial charge in [0.25, 0.3) is 5.91 Å². The maximum atomic E-state index is 13.5. The van der Waals surface area contributed by atoms with Crippen molar-refractivity contribution in [3.63, 3.8) is 0 Å². The van der Waals surface area contributed by atoms with Gasteiger partial charge in [-0.2, -0.15) is 0 Å². The molecule has 4 aliphatic rings. The minimum atomic E-state index is -4.70. The molecule has 1 amide bonds. The molecule has 0 radical (unpaired) electrons. The van der Waals surface area contributed by atoms with Gasteiger partial charge in [-0.25, -0.2) is 4.39 Å². The molecular weight excluding hydrogens is 486 g/mol. The maximum Gasteiger partial charge on any atom is 0.522 e. The molecule has 2 bridgehead atoms. The highest BCUT2D eigenvalue weighted by Crippen LogP contribution is 2.67. The number of aromatic nitrogens is 2. The molecule has 3 aliphatic carbocycles. The SMILES string of the molecule is O=C(COc1ccc(Cl)c(F)c1)NC12CC(c3nnc(C4CCC(COC(F)(F)F)O4)o3)(C1)C2. The second-order valence-corrected chi connectivity index (χ2v) is 9.44. The van der Waals surface area contributed by atoms with Crippen LogP contribution in [0.2, 0.25) is 5.02 Å². The average Bonchev–Trinajstić information content (AvgIpc) is 3.38. The van der Waals surface area contributed by atoms with Crippen LogP contribution >= 0.6 is 11.6 Å². The average molecular weight is 506 g/mol. The van der Waals surface area contributed by atoms with E-state index < -0.39 is 31.0 Å². The van der Waals surface area contributed by atoms with Crippen molar-refractivity contribution >= 4 is 17.5 Å². The molecule has 1 saturated heterocycles. The van der Waals surface area contributed by atoms with Gasteiger partial charge < -0.3 is 19.2 Å². The predicted molar refractivity (Wildman–Crippen MR) is 106 cm³/mol. The number of carbonyl (C=O) groups is 1. The van der Waals surface area contributed by atoms with E-state index >= 15 is 0 Å². The zero-order chi connectivity index (χ0) is 24.1. The molecule has 4 fully saturated rings. The van der Waals surface area contributed by atoms with Crippen LogP contribution in [0, 0.1) is 5.82 Å². The van der Waals surface area contributed by atoms with E-state index in [1.165, 1.54) is 12.1 Å². The fourth-order valence-corrected chi connectivity index (χ4v) is 5.09. The van der Waals surface area contributed by atoms with Gasteiger partial charge in [0.05, 0.1) is 23.1 Å². The highest BCUT2D eigenvalue weighted by Gasteiger charge is 2.71. The first-order valence-corrected chi connectivity index (χ1v) is 11.0. The number of hydrogen-bond donors (Lipinski definition) is 1. The molecule has 13 heteroatoms. The minimum Gasteiger partial charge on any atom is -0.484 e. The lowest BCUT2D eigenvalue weighted by atomic mass is 9.39. The van der Waals surface area contributed by atoms with Crippen molar-refractivity contribution in [2.45, 2.75) is 61.6 Å². The fourth-order valence-electron chi connectivity index (χ4n) is 4.97. The second kappa shape index (κ2) is 8.35. The lowest BCUT2D eigenvalue weighted by Crippen LogP contribution is -2.77. The lowest BCUT2D eigenvalue weighted by Gasteiger charge is -2.68. The van der Waals surface area contributed by atoms with Gasteiger partial charge in [-0.1, -0.05) is 11.6 Å². The van der Waals surface area contributed by atoms with Crippen molar-refractivity contribution in [2.75, 3.05) is 13.2 Å². The number of nitrogens with zero attached hydrogens (tertiary/aromatic N) is 2. The molecule has 0 spiro atoms. The summed E-state index contributed by atoms with van der Waals surface area (Å²) in [5.41, 5.74) is -0.694. The zero-order valence-electron chi connectivity index (χ0n) is 17.7. The molecule has 2 unspecified atom stereocenters. The third-order valence-corrected chi connectivity index (χ3v) is 6.71. The van der Waals surface area contributed by atoms with Crippen LogP contribution in [-0.4, -0.2) is 47.3 Å². The number of rotatable bonds is 8. The summed E-state index contributed by atoms with van der Waals surface area (Å²) in [7, 11) is 0. The van der Waals surface area contributed by atoms with Crippen LogP contribution in [0.15, 0.2) is 22.6 Å². The van der Waals surface area contributed by atoms with Crippen molar-refractivity contribution < 1.29 is 41.0 Å². The van der Waals surface area contributed by atoms with E-state index in [-0.39, 0.29) is 40.1 Å². The Morgan fingerprint density at radius 3 is 2.71 bits per heavy atom. The van der Waals surface area contributed by atoms with Crippen LogP contribution in [-0.2, 0) is 19.7 Å². The van der Waals surface area contributed by atoms with Gasteiger partial charge in [0.15, 0.2) is 6.61 Å². The molecule has 6 rings (SSSR count). The third-order valence-electron chi connectivity index (χ3n) is 6.41. The summed E-state index contributed by atoms with van der Waals surface area (Å²) in [6.45, 7) is -0.845. The van der Waals surface area contributed by atoms with Crippen LogP contribution in [0.3, 0.4) is 0 Å². The molecule has 2 aromatic rings. The van der Waals surface area contributed by atoms with Crippen LogP contribution in [0.4, 0.5) is 17.6 Å². The summed E-state index contributed by atoms with van der Waals surface area (Å²) >= 11 is 5.62. The number of alkyl halides is 3. The van der Waals surface area contributed by atoms with Gasteiger partial charge >= 0.3 is 6.36 Å². The molecule has 1 aliphatic heterocycles. The van der Waals surface area contributed by atoms with E-state index in [0.29, 0.717) is 38.0 Å². The number of nitrogens with one attached hydrogen (secondary N) is 1. The largest absolute Gasteiger partial charge is 0.522 e. The Hall–Kier alpha value is -2.44. The Kier molecular flexibility index (Phi) is 5.72. The Balaban J connectivity index is 1.09.